The summed E-state index contributed by atoms with van der Waals surface area (Å²) in [6, 6.07) is 8.69. The van der Waals surface area contributed by atoms with Gasteiger partial charge in [-0.2, -0.15) is 0 Å². The third-order valence-electron chi connectivity index (χ3n) is 5.86. The number of fused-ring (bicyclic) bond motifs is 1. The van der Waals surface area contributed by atoms with Gasteiger partial charge in [0.05, 0.1) is 0 Å². The first-order chi connectivity index (χ1) is 14.9. The van der Waals surface area contributed by atoms with Gasteiger partial charge in [-0.05, 0) is 43.7 Å². The molecule has 1 saturated heterocycles. The smallest absolute Gasteiger partial charge is 0.405 e. The Labute approximate surface area is 183 Å². The number of para-hydroxylation sites is 1. The molecule has 3 rings (SSSR count). The molecule has 3 amide bonds. The lowest BCUT2D eigenvalue weighted by atomic mass is 9.90. The van der Waals surface area contributed by atoms with Crippen LogP contribution in [0.15, 0.2) is 24.3 Å². The Bertz CT molecular complexity index is 883. The number of nitrogens with zero attached hydrogens (tertiary/aromatic N) is 2. The number of likely N-dealkylation sites (tertiary alicyclic amines) is 1. The van der Waals surface area contributed by atoms with Gasteiger partial charge in [0.25, 0.3) is 5.91 Å². The highest BCUT2D eigenvalue weighted by molar-refractivity contribution is 5.95. The average Bonchev–Trinajstić information content (AvgIpc) is 2.76. The summed E-state index contributed by atoms with van der Waals surface area (Å²) in [6.07, 6.45) is 2.09. The quantitative estimate of drug-likeness (QED) is 0.716. The number of anilines is 1. The van der Waals surface area contributed by atoms with Crippen molar-refractivity contribution in [2.24, 2.45) is 5.73 Å². The lowest BCUT2D eigenvalue weighted by molar-refractivity contribution is -0.126. The second kappa shape index (κ2) is 10.3. The number of primary amides is 1. The molecule has 2 aliphatic heterocycles. The van der Waals surface area contributed by atoms with Gasteiger partial charge in [0, 0.05) is 43.3 Å². The number of ether oxygens (including phenoxy) is 1. The van der Waals surface area contributed by atoms with Crippen molar-refractivity contribution in [1.29, 1.82) is 0 Å². The van der Waals surface area contributed by atoms with E-state index in [1.54, 1.807) is 4.90 Å². The molecule has 8 heteroatoms. The van der Waals surface area contributed by atoms with Crippen molar-refractivity contribution in [2.75, 3.05) is 24.6 Å². The topological polar surface area (TPSA) is 105 Å². The summed E-state index contributed by atoms with van der Waals surface area (Å²) in [6.45, 7) is 5.04. The van der Waals surface area contributed by atoms with Crippen molar-refractivity contribution in [3.8, 4) is 11.8 Å². The predicted molar refractivity (Wildman–Crippen MR) is 117 cm³/mol. The van der Waals surface area contributed by atoms with Crippen molar-refractivity contribution < 1.29 is 19.1 Å². The standard InChI is InChI=1S/C23H30N4O4/c1-3-21(28)27-16(2)15-19(18-7-4-5-8-20(18)27)25-17-10-12-26(13-11-17)22(29)9-6-14-31-23(24)30/h4-5,7-8,16-17,19,25H,3,10-15H2,1-2H3,(H2,24,30)/t16-,19+/m0/s1. The van der Waals surface area contributed by atoms with Gasteiger partial charge in [-0.1, -0.05) is 31.0 Å². The Morgan fingerprint density at radius 1 is 1.23 bits per heavy atom. The Balaban J connectivity index is 1.58. The second-order valence-electron chi connectivity index (χ2n) is 7.96. The molecular formula is C23H30N4O4. The van der Waals surface area contributed by atoms with E-state index in [1.807, 2.05) is 30.0 Å². The molecule has 2 atom stereocenters. The van der Waals surface area contributed by atoms with Crippen LogP contribution in [-0.2, 0) is 14.3 Å². The minimum atomic E-state index is -0.908. The van der Waals surface area contributed by atoms with Crippen LogP contribution in [-0.4, -0.2) is 54.6 Å². The summed E-state index contributed by atoms with van der Waals surface area (Å²) >= 11 is 0. The van der Waals surface area contributed by atoms with E-state index in [0.29, 0.717) is 19.5 Å². The van der Waals surface area contributed by atoms with Crippen LogP contribution in [0.5, 0.6) is 0 Å². The molecule has 1 aromatic carbocycles. The third-order valence-corrected chi connectivity index (χ3v) is 5.86. The van der Waals surface area contributed by atoms with Crippen LogP contribution in [0.4, 0.5) is 10.5 Å². The molecule has 2 heterocycles. The number of hydrogen-bond acceptors (Lipinski definition) is 5. The highest BCUT2D eigenvalue weighted by Gasteiger charge is 2.34. The van der Waals surface area contributed by atoms with Crippen LogP contribution in [0.2, 0.25) is 0 Å². The van der Waals surface area contributed by atoms with E-state index in [4.69, 9.17) is 5.73 Å². The molecule has 3 N–H and O–H groups in total. The molecule has 31 heavy (non-hydrogen) atoms. The maximum absolute atomic E-state index is 12.5. The van der Waals surface area contributed by atoms with Gasteiger partial charge in [0.1, 0.15) is 0 Å². The number of nitrogens with two attached hydrogens (primary N) is 1. The van der Waals surface area contributed by atoms with E-state index < -0.39 is 6.09 Å². The van der Waals surface area contributed by atoms with E-state index in [9.17, 15) is 14.4 Å². The maximum Gasteiger partial charge on any atom is 0.405 e. The minimum absolute atomic E-state index is 0.124. The molecule has 1 aromatic rings. The fraction of sp³-hybridized carbons (Fsp3) is 0.522. The van der Waals surface area contributed by atoms with Crippen LogP contribution in [0.1, 0.15) is 51.1 Å². The second-order valence-corrected chi connectivity index (χ2v) is 7.96. The molecule has 1 fully saturated rings. The average molecular weight is 427 g/mol. The van der Waals surface area contributed by atoms with E-state index in [0.717, 1.165) is 30.5 Å². The minimum Gasteiger partial charge on any atom is -0.437 e. The summed E-state index contributed by atoms with van der Waals surface area (Å²) < 4.78 is 4.51. The predicted octanol–water partition coefficient (Wildman–Crippen LogP) is 1.94. The van der Waals surface area contributed by atoms with Crippen molar-refractivity contribution in [3.63, 3.8) is 0 Å². The molecule has 0 aromatic heterocycles. The summed E-state index contributed by atoms with van der Waals surface area (Å²) in [5, 5.41) is 3.76. The Hall–Kier alpha value is -3.05. The fourth-order valence-corrected chi connectivity index (χ4v) is 4.35. The van der Waals surface area contributed by atoms with Gasteiger partial charge < -0.3 is 25.6 Å². The number of carbonyl (C=O) groups excluding carboxylic acids is 3. The van der Waals surface area contributed by atoms with Gasteiger partial charge in [-0.15, -0.1) is 0 Å². The van der Waals surface area contributed by atoms with Gasteiger partial charge in [-0.3, -0.25) is 9.59 Å². The van der Waals surface area contributed by atoms with Crippen molar-refractivity contribution in [3.05, 3.63) is 29.8 Å². The fourth-order valence-electron chi connectivity index (χ4n) is 4.35. The van der Waals surface area contributed by atoms with Crippen LogP contribution in [0, 0.1) is 11.8 Å². The summed E-state index contributed by atoms with van der Waals surface area (Å²) in [7, 11) is 0. The molecule has 8 nitrogen and oxygen atoms in total. The van der Waals surface area contributed by atoms with E-state index in [-0.39, 0.29) is 36.5 Å². The maximum atomic E-state index is 12.5. The molecule has 0 bridgehead atoms. The van der Waals surface area contributed by atoms with Crippen molar-refractivity contribution >= 4 is 23.6 Å². The van der Waals surface area contributed by atoms with Gasteiger partial charge in [-0.25, -0.2) is 4.79 Å². The number of nitrogens with one attached hydrogen (secondary N) is 1. The van der Waals surface area contributed by atoms with Gasteiger partial charge in [0.15, 0.2) is 6.61 Å². The zero-order valence-electron chi connectivity index (χ0n) is 18.1. The SMILES string of the molecule is CCC(=O)N1c2ccccc2[C@H](NC2CCN(C(=O)C#CCOC(N)=O)CC2)C[C@@H]1C. The first-order valence-corrected chi connectivity index (χ1v) is 10.8. The highest BCUT2D eigenvalue weighted by atomic mass is 16.5. The van der Waals surface area contributed by atoms with Crippen LogP contribution in [0.3, 0.4) is 0 Å². The molecule has 166 valence electrons. The number of benzene rings is 1. The van der Waals surface area contributed by atoms with Crippen LogP contribution in [0.25, 0.3) is 0 Å². The largest absolute Gasteiger partial charge is 0.437 e. The van der Waals surface area contributed by atoms with Gasteiger partial charge >= 0.3 is 6.09 Å². The molecular weight excluding hydrogens is 396 g/mol. The first kappa shape index (κ1) is 22.6. The summed E-state index contributed by atoms with van der Waals surface area (Å²) in [5.74, 6) is 4.88. The molecule has 0 spiro atoms. The molecule has 2 aliphatic rings. The third kappa shape index (κ3) is 5.56. The Morgan fingerprint density at radius 2 is 1.94 bits per heavy atom. The molecule has 0 saturated carbocycles. The summed E-state index contributed by atoms with van der Waals surface area (Å²) in [4.78, 5) is 38.9. The lowest BCUT2D eigenvalue weighted by Gasteiger charge is -2.42. The number of hydrogen-bond donors (Lipinski definition) is 2. The van der Waals surface area contributed by atoms with E-state index in [2.05, 4.69) is 34.9 Å². The number of rotatable bonds is 4. The van der Waals surface area contributed by atoms with Crippen LogP contribution < -0.4 is 16.0 Å². The number of amides is 3. The molecule has 0 radical (unpaired) electrons. The molecule has 0 unspecified atom stereocenters. The zero-order valence-corrected chi connectivity index (χ0v) is 18.1. The highest BCUT2D eigenvalue weighted by Crippen LogP contribution is 2.38. The van der Waals surface area contributed by atoms with Crippen molar-refractivity contribution in [1.82, 2.24) is 10.2 Å². The Kier molecular flexibility index (Phi) is 7.53. The Morgan fingerprint density at radius 3 is 2.61 bits per heavy atom. The van der Waals surface area contributed by atoms with E-state index >= 15 is 0 Å². The van der Waals surface area contributed by atoms with E-state index in [1.165, 1.54) is 0 Å². The summed E-state index contributed by atoms with van der Waals surface area (Å²) in [5.41, 5.74) is 7.01. The van der Waals surface area contributed by atoms with Crippen molar-refractivity contribution in [2.45, 2.75) is 57.7 Å². The first-order valence-electron chi connectivity index (χ1n) is 10.8. The van der Waals surface area contributed by atoms with Crippen LogP contribution >= 0.6 is 0 Å². The zero-order chi connectivity index (χ0) is 22.4. The number of piperidine rings is 1. The monoisotopic (exact) mass is 426 g/mol. The molecule has 0 aliphatic carbocycles. The van der Waals surface area contributed by atoms with Gasteiger partial charge in [0.2, 0.25) is 5.91 Å². The normalized spacial score (nSPS) is 21.0. The number of carbonyl (C=O) groups is 3. The lowest BCUT2D eigenvalue weighted by Crippen LogP contribution is -2.49.